The molecule has 0 saturated carbocycles. The Hall–Kier alpha value is -2.16. The van der Waals surface area contributed by atoms with E-state index < -0.39 is 11.2 Å². The number of aromatic nitrogens is 5. The van der Waals surface area contributed by atoms with Crippen LogP contribution in [0.2, 0.25) is 0 Å². The molecule has 3 heterocycles. The van der Waals surface area contributed by atoms with E-state index in [9.17, 15) is 9.59 Å². The van der Waals surface area contributed by atoms with Crippen molar-refractivity contribution < 1.29 is 4.52 Å². The third-order valence-corrected chi connectivity index (χ3v) is 3.89. The molecule has 3 aromatic heterocycles. The fourth-order valence-corrected chi connectivity index (χ4v) is 2.72. The molecule has 0 spiro atoms. The molecule has 3 rings (SSSR count). The van der Waals surface area contributed by atoms with Crippen molar-refractivity contribution in [2.45, 2.75) is 13.5 Å². The average molecular weight is 354 g/mol. The van der Waals surface area contributed by atoms with Gasteiger partial charge in [0.2, 0.25) is 0 Å². The summed E-state index contributed by atoms with van der Waals surface area (Å²) in [6.07, 6.45) is 0. The van der Waals surface area contributed by atoms with Gasteiger partial charge in [0.1, 0.15) is 0 Å². The van der Waals surface area contributed by atoms with E-state index in [1.165, 1.54) is 11.6 Å². The van der Waals surface area contributed by atoms with Gasteiger partial charge in [0.05, 0.1) is 12.2 Å². The second-order valence-corrected chi connectivity index (χ2v) is 5.49. The quantitative estimate of drug-likeness (QED) is 0.627. The van der Waals surface area contributed by atoms with Gasteiger partial charge >= 0.3 is 5.69 Å². The van der Waals surface area contributed by atoms with Crippen LogP contribution in [-0.2, 0) is 20.6 Å². The summed E-state index contributed by atoms with van der Waals surface area (Å²) < 4.78 is 9.74. The molecular weight excluding hydrogens is 342 g/mol. The van der Waals surface area contributed by atoms with E-state index in [1.807, 2.05) is 6.92 Å². The molecule has 0 unspecified atom stereocenters. The Morgan fingerprint density at radius 1 is 1.29 bits per heavy atom. The molecule has 0 saturated heterocycles. The van der Waals surface area contributed by atoms with Crippen molar-refractivity contribution in [1.82, 2.24) is 23.8 Å². The van der Waals surface area contributed by atoms with Gasteiger partial charge in [0.25, 0.3) is 5.56 Å². The smallest absolute Gasteiger partial charge is 0.332 e. The van der Waals surface area contributed by atoms with Crippen LogP contribution in [0.1, 0.15) is 11.5 Å². The van der Waals surface area contributed by atoms with Crippen molar-refractivity contribution >= 4 is 27.1 Å². The van der Waals surface area contributed by atoms with Crippen molar-refractivity contribution in [3.63, 3.8) is 0 Å². The number of hydrogen-bond donors (Lipinski definition) is 0. The normalized spacial score (nSPS) is 11.4. The summed E-state index contributed by atoms with van der Waals surface area (Å²) in [7, 11) is 3.03. The van der Waals surface area contributed by atoms with Crippen LogP contribution in [0.3, 0.4) is 0 Å². The van der Waals surface area contributed by atoms with Crippen LogP contribution in [-0.4, -0.2) is 23.8 Å². The molecule has 9 heteroatoms. The van der Waals surface area contributed by atoms with Crippen LogP contribution in [0, 0.1) is 6.92 Å². The molecule has 21 heavy (non-hydrogen) atoms. The second-order valence-electron chi connectivity index (χ2n) is 4.78. The maximum Gasteiger partial charge on any atom is 0.332 e. The lowest BCUT2D eigenvalue weighted by Crippen LogP contribution is -2.37. The van der Waals surface area contributed by atoms with Gasteiger partial charge in [-0.3, -0.25) is 18.5 Å². The van der Waals surface area contributed by atoms with Gasteiger partial charge in [-0.05, 0) is 22.9 Å². The standard InChI is InChI=1S/C12H12BrN5O3/c1-6-4-7(21-15-6)5-18-9-8(14-11(18)13)10(19)17(3)12(20)16(9)2/h4H,5H2,1-3H3. The molecule has 0 radical (unpaired) electrons. The summed E-state index contributed by atoms with van der Waals surface area (Å²) >= 11 is 3.32. The first kappa shape index (κ1) is 13.8. The maximum absolute atomic E-state index is 12.1. The summed E-state index contributed by atoms with van der Waals surface area (Å²) in [4.78, 5) is 28.4. The third-order valence-electron chi connectivity index (χ3n) is 3.28. The van der Waals surface area contributed by atoms with Crippen molar-refractivity contribution in [2.24, 2.45) is 14.1 Å². The molecule has 0 atom stereocenters. The largest absolute Gasteiger partial charge is 0.359 e. The van der Waals surface area contributed by atoms with Crippen molar-refractivity contribution in [3.05, 3.63) is 43.1 Å². The Kier molecular flexibility index (Phi) is 3.08. The molecular formula is C12H12BrN5O3. The minimum Gasteiger partial charge on any atom is -0.359 e. The topological polar surface area (TPSA) is 87.9 Å². The zero-order chi connectivity index (χ0) is 15.3. The van der Waals surface area contributed by atoms with Gasteiger partial charge in [0, 0.05) is 20.2 Å². The van der Waals surface area contributed by atoms with E-state index in [2.05, 4.69) is 26.1 Å². The number of fused-ring (bicyclic) bond motifs is 1. The molecule has 0 amide bonds. The lowest BCUT2D eigenvalue weighted by atomic mass is 10.4. The van der Waals surface area contributed by atoms with E-state index in [-0.39, 0.29) is 5.52 Å². The van der Waals surface area contributed by atoms with Crippen molar-refractivity contribution in [2.75, 3.05) is 0 Å². The third kappa shape index (κ3) is 2.04. The zero-order valence-electron chi connectivity index (χ0n) is 11.6. The Balaban J connectivity index is 2.31. The summed E-state index contributed by atoms with van der Waals surface area (Å²) in [6.45, 7) is 2.14. The molecule has 8 nitrogen and oxygen atoms in total. The van der Waals surface area contributed by atoms with E-state index in [1.54, 1.807) is 17.7 Å². The fraction of sp³-hybridized carbons (Fsp3) is 0.333. The number of halogens is 1. The van der Waals surface area contributed by atoms with Crippen molar-refractivity contribution in [3.8, 4) is 0 Å². The number of rotatable bonds is 2. The van der Waals surface area contributed by atoms with Crippen LogP contribution >= 0.6 is 15.9 Å². The maximum atomic E-state index is 12.1. The van der Waals surface area contributed by atoms with Gasteiger partial charge < -0.3 is 4.52 Å². The highest BCUT2D eigenvalue weighted by molar-refractivity contribution is 9.10. The van der Waals surface area contributed by atoms with Gasteiger partial charge in [-0.2, -0.15) is 0 Å². The Labute approximate surface area is 126 Å². The molecule has 0 bridgehead atoms. The first-order valence-corrected chi connectivity index (χ1v) is 6.93. The minimum absolute atomic E-state index is 0.225. The summed E-state index contributed by atoms with van der Waals surface area (Å²) in [5, 5.41) is 3.82. The van der Waals surface area contributed by atoms with E-state index in [0.29, 0.717) is 22.7 Å². The van der Waals surface area contributed by atoms with Gasteiger partial charge in [-0.15, -0.1) is 0 Å². The van der Waals surface area contributed by atoms with E-state index in [0.717, 1.165) is 10.3 Å². The molecule has 3 aromatic rings. The number of hydrogen-bond acceptors (Lipinski definition) is 5. The Morgan fingerprint density at radius 3 is 2.62 bits per heavy atom. The SMILES string of the molecule is Cc1cc(Cn2c(Br)nc3c(=O)n(C)c(=O)n(C)c32)on1. The Morgan fingerprint density at radius 2 is 2.00 bits per heavy atom. The molecule has 0 aliphatic heterocycles. The molecule has 0 aliphatic rings. The highest BCUT2D eigenvalue weighted by atomic mass is 79.9. The zero-order valence-corrected chi connectivity index (χ0v) is 13.2. The number of aryl methyl sites for hydroxylation is 2. The monoisotopic (exact) mass is 353 g/mol. The summed E-state index contributed by atoms with van der Waals surface area (Å²) in [5.41, 5.74) is 0.582. The molecule has 0 N–H and O–H groups in total. The van der Waals surface area contributed by atoms with E-state index >= 15 is 0 Å². The molecule has 0 aliphatic carbocycles. The lowest BCUT2D eigenvalue weighted by molar-refractivity contribution is 0.372. The highest BCUT2D eigenvalue weighted by Gasteiger charge is 2.18. The predicted octanol–water partition coefficient (Wildman–Crippen LogP) is 0.541. The molecule has 0 aromatic carbocycles. The van der Waals surface area contributed by atoms with Gasteiger partial charge in [-0.25, -0.2) is 9.78 Å². The average Bonchev–Trinajstić information content (AvgIpc) is 2.99. The van der Waals surface area contributed by atoms with Crippen LogP contribution in [0.15, 0.2) is 24.9 Å². The van der Waals surface area contributed by atoms with Crippen molar-refractivity contribution in [1.29, 1.82) is 0 Å². The Bertz CT molecular complexity index is 962. The highest BCUT2D eigenvalue weighted by Crippen LogP contribution is 2.18. The summed E-state index contributed by atoms with van der Waals surface area (Å²) in [5.74, 6) is 0.612. The van der Waals surface area contributed by atoms with Crippen LogP contribution < -0.4 is 11.2 Å². The fourth-order valence-electron chi connectivity index (χ4n) is 2.25. The van der Waals surface area contributed by atoms with Crippen LogP contribution in [0.4, 0.5) is 0 Å². The van der Waals surface area contributed by atoms with E-state index in [4.69, 9.17) is 4.52 Å². The van der Waals surface area contributed by atoms with Crippen LogP contribution in [0.5, 0.6) is 0 Å². The number of nitrogens with zero attached hydrogens (tertiary/aromatic N) is 5. The second kappa shape index (κ2) is 4.69. The lowest BCUT2D eigenvalue weighted by Gasteiger charge is -2.07. The van der Waals surface area contributed by atoms with Crippen LogP contribution in [0.25, 0.3) is 11.2 Å². The predicted molar refractivity (Wildman–Crippen MR) is 78.3 cm³/mol. The molecule has 110 valence electrons. The summed E-state index contributed by atoms with van der Waals surface area (Å²) in [6, 6.07) is 1.79. The van der Waals surface area contributed by atoms with Gasteiger partial charge in [-0.1, -0.05) is 5.16 Å². The first-order valence-electron chi connectivity index (χ1n) is 6.14. The minimum atomic E-state index is -0.429. The number of imidazole rings is 1. The first-order chi connectivity index (χ1) is 9.90. The molecule has 0 fully saturated rings. The van der Waals surface area contributed by atoms with Gasteiger partial charge in [0.15, 0.2) is 21.7 Å².